The van der Waals surface area contributed by atoms with Crippen molar-refractivity contribution in [2.75, 3.05) is 23.8 Å². The Labute approximate surface area is 216 Å². The normalized spacial score (nSPS) is 23.4. The highest BCUT2D eigenvalue weighted by Gasteiger charge is 2.48. The van der Waals surface area contributed by atoms with Crippen LogP contribution in [-0.4, -0.2) is 51.7 Å². The van der Waals surface area contributed by atoms with E-state index in [1.807, 2.05) is 13.8 Å². The quantitative estimate of drug-likeness (QED) is 0.549. The van der Waals surface area contributed by atoms with Crippen molar-refractivity contribution in [3.63, 3.8) is 0 Å². The molecule has 37 heavy (non-hydrogen) atoms. The molecule has 2 fully saturated rings. The fraction of sp³-hybridized carbons (Fsp3) is 0.593. The summed E-state index contributed by atoms with van der Waals surface area (Å²) in [5, 5.41) is 13.1. The Morgan fingerprint density at radius 3 is 2.62 bits per heavy atom. The van der Waals surface area contributed by atoms with Crippen LogP contribution in [0.3, 0.4) is 0 Å². The minimum absolute atomic E-state index is 0.0170. The summed E-state index contributed by atoms with van der Waals surface area (Å²) in [6, 6.07) is 2.69. The van der Waals surface area contributed by atoms with E-state index in [-0.39, 0.29) is 29.7 Å². The van der Waals surface area contributed by atoms with Crippen LogP contribution in [0.25, 0.3) is 0 Å². The minimum Gasteiger partial charge on any atom is -0.381 e. The van der Waals surface area contributed by atoms with Crippen molar-refractivity contribution < 1.29 is 19.1 Å². The molecule has 0 bridgehead atoms. The highest BCUT2D eigenvalue weighted by molar-refractivity contribution is 6.07. The van der Waals surface area contributed by atoms with Gasteiger partial charge in [0.05, 0.1) is 11.1 Å². The van der Waals surface area contributed by atoms with Gasteiger partial charge >= 0.3 is 0 Å². The van der Waals surface area contributed by atoms with Crippen LogP contribution >= 0.6 is 0 Å². The van der Waals surface area contributed by atoms with E-state index in [9.17, 15) is 14.4 Å². The first-order valence-electron chi connectivity index (χ1n) is 13.3. The molecule has 1 saturated carbocycles. The molecule has 1 spiro atoms. The Kier molecular flexibility index (Phi) is 7.02. The number of pyridine rings is 1. The summed E-state index contributed by atoms with van der Waals surface area (Å²) in [6.45, 7) is 7.20. The van der Waals surface area contributed by atoms with Gasteiger partial charge in [-0.05, 0) is 57.4 Å². The Balaban J connectivity index is 1.36. The summed E-state index contributed by atoms with van der Waals surface area (Å²) in [5.41, 5.74) is 1.34. The number of nitrogens with one attached hydrogen (secondary N) is 3. The Morgan fingerprint density at radius 2 is 1.92 bits per heavy atom. The van der Waals surface area contributed by atoms with Gasteiger partial charge in [0, 0.05) is 43.3 Å². The molecule has 1 atom stereocenters. The Bertz CT molecular complexity index is 1180. The smallest absolute Gasteiger partial charge is 0.270 e. The lowest BCUT2D eigenvalue weighted by atomic mass is 9.76. The van der Waals surface area contributed by atoms with Crippen LogP contribution in [-0.2, 0) is 19.7 Å². The number of ether oxygens (including phenoxy) is 1. The van der Waals surface area contributed by atoms with E-state index in [0.717, 1.165) is 31.2 Å². The monoisotopic (exact) mass is 508 g/mol. The Morgan fingerprint density at radius 1 is 1.19 bits per heavy atom. The van der Waals surface area contributed by atoms with E-state index >= 15 is 0 Å². The van der Waals surface area contributed by atoms with Gasteiger partial charge in [-0.15, -0.1) is 0 Å². The maximum absolute atomic E-state index is 13.6. The van der Waals surface area contributed by atoms with Gasteiger partial charge < -0.3 is 20.7 Å². The van der Waals surface area contributed by atoms with Crippen LogP contribution in [0.15, 0.2) is 24.5 Å². The van der Waals surface area contributed by atoms with Gasteiger partial charge in [-0.1, -0.05) is 19.8 Å². The molecule has 2 aliphatic heterocycles. The first kappa shape index (κ1) is 25.4. The summed E-state index contributed by atoms with van der Waals surface area (Å²) in [7, 11) is 0. The second kappa shape index (κ2) is 10.2. The van der Waals surface area contributed by atoms with Crippen molar-refractivity contribution >= 4 is 29.2 Å². The predicted molar refractivity (Wildman–Crippen MR) is 138 cm³/mol. The third-order valence-electron chi connectivity index (χ3n) is 8.19. The average Bonchev–Trinajstić information content (AvgIpc) is 3.47. The summed E-state index contributed by atoms with van der Waals surface area (Å²) >= 11 is 0. The molecule has 3 aliphatic rings. The van der Waals surface area contributed by atoms with Crippen molar-refractivity contribution in [1.29, 1.82) is 0 Å². The standard InChI is InChI=1S/C27H36N6O4/c1-16(2)33-21(8-11-29-33)24(34)32-23(18-6-4-17(3)5-7-18)25(35)31-22-14-20-19(15-28-22)27(26(36)30-20)9-12-37-13-10-27/h8,11,14-18,23H,4-7,9-10,12-13H2,1-3H3,(H,30,36)(H,32,34)(H,28,31,35)/t17?,18?,23-/m0/s1. The van der Waals surface area contributed by atoms with E-state index in [1.54, 1.807) is 29.2 Å². The third-order valence-corrected chi connectivity index (χ3v) is 8.19. The lowest BCUT2D eigenvalue weighted by molar-refractivity contribution is -0.124. The highest BCUT2D eigenvalue weighted by Crippen LogP contribution is 2.44. The van der Waals surface area contributed by atoms with E-state index in [0.29, 0.717) is 49.2 Å². The third kappa shape index (κ3) is 4.86. The molecule has 198 valence electrons. The zero-order valence-electron chi connectivity index (χ0n) is 21.8. The molecule has 3 amide bonds. The number of aromatic nitrogens is 3. The van der Waals surface area contributed by atoms with Crippen molar-refractivity contribution in [3.8, 4) is 0 Å². The Hall–Kier alpha value is -3.27. The fourth-order valence-electron chi connectivity index (χ4n) is 5.93. The molecule has 3 N–H and O–H groups in total. The molecule has 1 saturated heterocycles. The molecule has 10 nitrogen and oxygen atoms in total. The SMILES string of the molecule is CC1CCC([C@H](NC(=O)c2ccnn2C(C)C)C(=O)Nc2cc3c(cn2)C2(CCOCC2)C(=O)N3)CC1. The van der Waals surface area contributed by atoms with Gasteiger partial charge in [-0.25, -0.2) is 4.98 Å². The van der Waals surface area contributed by atoms with Crippen LogP contribution in [0.5, 0.6) is 0 Å². The van der Waals surface area contributed by atoms with Gasteiger partial charge in [0.15, 0.2) is 0 Å². The van der Waals surface area contributed by atoms with Crippen molar-refractivity contribution in [2.24, 2.45) is 11.8 Å². The van der Waals surface area contributed by atoms with Crippen LogP contribution in [0.1, 0.15) is 81.4 Å². The van der Waals surface area contributed by atoms with E-state index in [4.69, 9.17) is 4.74 Å². The molecule has 5 rings (SSSR count). The van der Waals surface area contributed by atoms with Gasteiger partial charge in [0.1, 0.15) is 17.6 Å². The molecule has 2 aromatic rings. The molecule has 0 aromatic carbocycles. The maximum atomic E-state index is 13.6. The summed E-state index contributed by atoms with van der Waals surface area (Å²) in [5.74, 6) is 0.317. The lowest BCUT2D eigenvalue weighted by Crippen LogP contribution is -2.49. The molecule has 2 aromatic heterocycles. The number of rotatable bonds is 6. The van der Waals surface area contributed by atoms with Crippen LogP contribution in [0, 0.1) is 11.8 Å². The maximum Gasteiger partial charge on any atom is 0.270 e. The van der Waals surface area contributed by atoms with Crippen LogP contribution < -0.4 is 16.0 Å². The van der Waals surface area contributed by atoms with Gasteiger partial charge in [0.2, 0.25) is 11.8 Å². The molecule has 0 unspecified atom stereocenters. The topological polar surface area (TPSA) is 127 Å². The molecule has 4 heterocycles. The van der Waals surface area contributed by atoms with E-state index < -0.39 is 11.5 Å². The molecule has 1 aliphatic carbocycles. The van der Waals surface area contributed by atoms with Crippen LogP contribution in [0.2, 0.25) is 0 Å². The van der Waals surface area contributed by atoms with E-state index in [1.165, 1.54) is 0 Å². The number of hydrogen-bond acceptors (Lipinski definition) is 6. The number of fused-ring (bicyclic) bond motifs is 2. The minimum atomic E-state index is -0.706. The van der Waals surface area contributed by atoms with Crippen molar-refractivity contribution in [3.05, 3.63) is 35.8 Å². The van der Waals surface area contributed by atoms with Gasteiger partial charge in [-0.3, -0.25) is 19.1 Å². The molecular formula is C27H36N6O4. The summed E-state index contributed by atoms with van der Waals surface area (Å²) < 4.78 is 7.12. The number of amides is 3. The first-order valence-corrected chi connectivity index (χ1v) is 13.3. The number of anilines is 2. The predicted octanol–water partition coefficient (Wildman–Crippen LogP) is 3.42. The molecule has 10 heteroatoms. The number of carbonyl (C=O) groups excluding carboxylic acids is 3. The summed E-state index contributed by atoms with van der Waals surface area (Å²) in [4.78, 5) is 44.2. The zero-order valence-corrected chi connectivity index (χ0v) is 21.8. The molecular weight excluding hydrogens is 472 g/mol. The number of carbonyl (C=O) groups is 3. The van der Waals surface area contributed by atoms with Crippen molar-refractivity contribution in [2.45, 2.75) is 76.8 Å². The average molecular weight is 509 g/mol. The highest BCUT2D eigenvalue weighted by atomic mass is 16.5. The van der Waals surface area contributed by atoms with E-state index in [2.05, 4.69) is 33.0 Å². The zero-order chi connectivity index (χ0) is 26.2. The number of nitrogens with zero attached hydrogens (tertiary/aromatic N) is 3. The largest absolute Gasteiger partial charge is 0.381 e. The van der Waals surface area contributed by atoms with Crippen LogP contribution in [0.4, 0.5) is 11.5 Å². The lowest BCUT2D eigenvalue weighted by Gasteiger charge is -2.32. The number of hydrogen-bond donors (Lipinski definition) is 3. The van der Waals surface area contributed by atoms with Gasteiger partial charge in [0.25, 0.3) is 5.91 Å². The first-order chi connectivity index (χ1) is 17.8. The van der Waals surface area contributed by atoms with Crippen molar-refractivity contribution in [1.82, 2.24) is 20.1 Å². The second-order valence-corrected chi connectivity index (χ2v) is 11.0. The fourth-order valence-corrected chi connectivity index (χ4v) is 5.93. The summed E-state index contributed by atoms with van der Waals surface area (Å²) in [6.07, 6.45) is 8.26. The second-order valence-electron chi connectivity index (χ2n) is 11.0. The molecule has 0 radical (unpaired) electrons. The van der Waals surface area contributed by atoms with Gasteiger partial charge in [-0.2, -0.15) is 5.10 Å².